The number of hydrogen-bond donors (Lipinski definition) is 0. The Kier molecular flexibility index (Phi) is 2.46. The summed E-state index contributed by atoms with van der Waals surface area (Å²) in [5, 5.41) is 0. The van der Waals surface area contributed by atoms with Crippen LogP contribution in [-0.4, -0.2) is 30.5 Å². The second-order valence-electron chi connectivity index (χ2n) is 4.47. The number of thioether (sulfide) groups is 1. The lowest BCUT2D eigenvalue weighted by Gasteiger charge is -2.32. The highest BCUT2D eigenvalue weighted by Crippen LogP contribution is 2.38. The molecule has 0 radical (unpaired) electrons. The second kappa shape index (κ2) is 3.78. The van der Waals surface area contributed by atoms with Crippen LogP contribution in [-0.2, 0) is 4.74 Å². The summed E-state index contributed by atoms with van der Waals surface area (Å²) in [6.45, 7) is 3.12. The molecule has 0 aromatic carbocycles. The van der Waals surface area contributed by atoms with Crippen molar-refractivity contribution in [3.63, 3.8) is 0 Å². The van der Waals surface area contributed by atoms with Gasteiger partial charge < -0.3 is 9.64 Å². The lowest BCUT2D eigenvalue weighted by Crippen LogP contribution is -2.31. The van der Waals surface area contributed by atoms with Gasteiger partial charge in [-0.05, 0) is 18.8 Å². The zero-order valence-corrected chi connectivity index (χ0v) is 9.31. The predicted octanol–water partition coefficient (Wildman–Crippen LogP) is 2.42. The summed E-state index contributed by atoms with van der Waals surface area (Å²) >= 11 is 1.99. The first-order chi connectivity index (χ1) is 6.93. The molecule has 2 heterocycles. The average Bonchev–Trinajstić information content (AvgIpc) is 2.55. The lowest BCUT2D eigenvalue weighted by atomic mass is 9.85. The third kappa shape index (κ3) is 1.57. The number of nitrogens with zero attached hydrogens (tertiary/aromatic N) is 1. The Hall–Kier alpha value is -0.150. The van der Waals surface area contributed by atoms with Crippen LogP contribution in [0, 0.1) is 5.92 Å². The van der Waals surface area contributed by atoms with E-state index in [0.717, 1.165) is 25.6 Å². The summed E-state index contributed by atoms with van der Waals surface area (Å²) in [7, 11) is 0. The fourth-order valence-corrected chi connectivity index (χ4v) is 3.54. The molecule has 2 nitrogen and oxygen atoms in total. The van der Waals surface area contributed by atoms with E-state index in [4.69, 9.17) is 4.74 Å². The van der Waals surface area contributed by atoms with Gasteiger partial charge in [-0.2, -0.15) is 0 Å². The third-order valence-electron chi connectivity index (χ3n) is 3.52. The Morgan fingerprint density at radius 1 is 1.43 bits per heavy atom. The summed E-state index contributed by atoms with van der Waals surface area (Å²) in [6.07, 6.45) is 5.52. The van der Waals surface area contributed by atoms with Crippen molar-refractivity contribution in [3.05, 3.63) is 10.6 Å². The summed E-state index contributed by atoms with van der Waals surface area (Å²) in [6, 6.07) is 0. The quantitative estimate of drug-likeness (QED) is 0.696. The van der Waals surface area contributed by atoms with Crippen molar-refractivity contribution in [2.75, 3.05) is 25.6 Å². The Morgan fingerprint density at radius 3 is 3.14 bits per heavy atom. The fourth-order valence-electron chi connectivity index (χ4n) is 2.40. The average molecular weight is 211 g/mol. The van der Waals surface area contributed by atoms with Crippen molar-refractivity contribution < 1.29 is 4.74 Å². The molecule has 3 heteroatoms. The zero-order chi connectivity index (χ0) is 9.38. The van der Waals surface area contributed by atoms with Crippen molar-refractivity contribution in [3.8, 4) is 0 Å². The highest BCUT2D eigenvalue weighted by molar-refractivity contribution is 8.03. The fraction of sp³-hybridized carbons (Fsp3) is 0.818. The number of hydrogen-bond acceptors (Lipinski definition) is 3. The van der Waals surface area contributed by atoms with E-state index in [1.165, 1.54) is 36.6 Å². The van der Waals surface area contributed by atoms with E-state index in [1.807, 2.05) is 11.8 Å². The van der Waals surface area contributed by atoms with Crippen LogP contribution in [0.5, 0.6) is 0 Å². The standard InChI is InChI=1S/C11H17NOS/c1-2-9(3-1)6-12-8-14-11-7-13-5-4-10(11)12/h9H,1-8H2. The highest BCUT2D eigenvalue weighted by atomic mass is 32.2. The second-order valence-corrected chi connectivity index (χ2v) is 5.50. The molecule has 0 bridgehead atoms. The van der Waals surface area contributed by atoms with Gasteiger partial charge in [0.15, 0.2) is 0 Å². The van der Waals surface area contributed by atoms with Crippen LogP contribution in [0.25, 0.3) is 0 Å². The van der Waals surface area contributed by atoms with Gasteiger partial charge in [-0.1, -0.05) is 6.42 Å². The molecule has 0 atom stereocenters. The normalized spacial score (nSPS) is 27.9. The molecule has 0 aromatic rings. The monoisotopic (exact) mass is 211 g/mol. The first-order valence-corrected chi connectivity index (χ1v) is 6.59. The van der Waals surface area contributed by atoms with E-state index in [1.54, 1.807) is 5.70 Å². The van der Waals surface area contributed by atoms with Crippen LogP contribution in [0.1, 0.15) is 25.7 Å². The minimum absolute atomic E-state index is 0.876. The van der Waals surface area contributed by atoms with Gasteiger partial charge in [-0.3, -0.25) is 0 Å². The van der Waals surface area contributed by atoms with E-state index in [-0.39, 0.29) is 0 Å². The van der Waals surface area contributed by atoms with Crippen molar-refractivity contribution in [2.24, 2.45) is 5.92 Å². The van der Waals surface area contributed by atoms with Gasteiger partial charge in [-0.15, -0.1) is 11.8 Å². The first-order valence-electron chi connectivity index (χ1n) is 5.61. The Bertz CT molecular complexity index is 260. The molecule has 1 aliphatic carbocycles. The maximum absolute atomic E-state index is 5.47. The van der Waals surface area contributed by atoms with Crippen molar-refractivity contribution in [2.45, 2.75) is 25.7 Å². The molecule has 14 heavy (non-hydrogen) atoms. The molecule has 0 amide bonds. The SMILES string of the molecule is C1CC(CN2CSC3=C2CCOC3)C1. The third-order valence-corrected chi connectivity index (χ3v) is 4.66. The number of ether oxygens (including phenoxy) is 1. The number of rotatable bonds is 2. The molecule has 0 unspecified atom stereocenters. The summed E-state index contributed by atoms with van der Waals surface area (Å²) in [5.74, 6) is 2.18. The topological polar surface area (TPSA) is 12.5 Å². The van der Waals surface area contributed by atoms with Crippen molar-refractivity contribution >= 4 is 11.8 Å². The molecular formula is C11H17NOS. The Morgan fingerprint density at radius 2 is 2.36 bits per heavy atom. The van der Waals surface area contributed by atoms with Crippen LogP contribution in [0.15, 0.2) is 10.6 Å². The zero-order valence-electron chi connectivity index (χ0n) is 8.50. The Labute approximate surface area is 89.7 Å². The lowest BCUT2D eigenvalue weighted by molar-refractivity contribution is 0.136. The molecule has 0 aromatic heterocycles. The molecule has 2 aliphatic heterocycles. The van der Waals surface area contributed by atoms with Crippen LogP contribution >= 0.6 is 11.8 Å². The van der Waals surface area contributed by atoms with Gasteiger partial charge in [0.05, 0.1) is 19.1 Å². The largest absolute Gasteiger partial charge is 0.376 e. The van der Waals surface area contributed by atoms with Crippen LogP contribution < -0.4 is 0 Å². The molecule has 0 spiro atoms. The van der Waals surface area contributed by atoms with Gasteiger partial charge in [0.1, 0.15) is 0 Å². The van der Waals surface area contributed by atoms with Gasteiger partial charge in [0.2, 0.25) is 0 Å². The van der Waals surface area contributed by atoms with Gasteiger partial charge in [0.25, 0.3) is 0 Å². The molecular weight excluding hydrogens is 194 g/mol. The van der Waals surface area contributed by atoms with Crippen LogP contribution in [0.4, 0.5) is 0 Å². The maximum atomic E-state index is 5.47. The van der Waals surface area contributed by atoms with Crippen LogP contribution in [0.3, 0.4) is 0 Å². The molecule has 3 rings (SSSR count). The van der Waals surface area contributed by atoms with E-state index in [0.29, 0.717) is 0 Å². The molecule has 0 saturated heterocycles. The minimum Gasteiger partial charge on any atom is -0.376 e. The summed E-state index contributed by atoms with van der Waals surface area (Å²) in [5.41, 5.74) is 1.60. The summed E-state index contributed by atoms with van der Waals surface area (Å²) < 4.78 is 5.47. The molecule has 0 N–H and O–H groups in total. The minimum atomic E-state index is 0.876. The van der Waals surface area contributed by atoms with Gasteiger partial charge in [-0.25, -0.2) is 0 Å². The first kappa shape index (κ1) is 9.10. The molecule has 1 fully saturated rings. The maximum Gasteiger partial charge on any atom is 0.0793 e. The molecule has 1 saturated carbocycles. The van der Waals surface area contributed by atoms with Gasteiger partial charge in [0, 0.05) is 23.6 Å². The molecule has 3 aliphatic rings. The smallest absolute Gasteiger partial charge is 0.0793 e. The molecule has 78 valence electrons. The summed E-state index contributed by atoms with van der Waals surface area (Å²) in [4.78, 5) is 4.11. The van der Waals surface area contributed by atoms with E-state index >= 15 is 0 Å². The van der Waals surface area contributed by atoms with E-state index in [2.05, 4.69) is 4.90 Å². The van der Waals surface area contributed by atoms with E-state index in [9.17, 15) is 0 Å². The predicted molar refractivity (Wildman–Crippen MR) is 59.0 cm³/mol. The van der Waals surface area contributed by atoms with Gasteiger partial charge >= 0.3 is 0 Å². The highest BCUT2D eigenvalue weighted by Gasteiger charge is 2.29. The Balaban J connectivity index is 1.66. The van der Waals surface area contributed by atoms with E-state index < -0.39 is 0 Å². The van der Waals surface area contributed by atoms with Crippen molar-refractivity contribution in [1.29, 1.82) is 0 Å². The van der Waals surface area contributed by atoms with Crippen molar-refractivity contribution in [1.82, 2.24) is 4.90 Å². The van der Waals surface area contributed by atoms with Crippen LogP contribution in [0.2, 0.25) is 0 Å².